The van der Waals surface area contributed by atoms with Gasteiger partial charge in [0, 0.05) is 39.1 Å². The Morgan fingerprint density at radius 2 is 2.50 bits per heavy atom. The highest BCUT2D eigenvalue weighted by molar-refractivity contribution is 4.91. The van der Waals surface area contributed by atoms with E-state index in [1.165, 1.54) is 0 Å². The molecular formula is C11H20N4O. The minimum absolute atomic E-state index is 0.305. The summed E-state index contributed by atoms with van der Waals surface area (Å²) >= 11 is 0. The zero-order valence-corrected chi connectivity index (χ0v) is 10.0. The summed E-state index contributed by atoms with van der Waals surface area (Å²) in [6, 6.07) is 0. The summed E-state index contributed by atoms with van der Waals surface area (Å²) in [5.74, 6) is 1.12. The molecule has 2 heterocycles. The molecule has 1 N–H and O–H groups in total. The van der Waals surface area contributed by atoms with Gasteiger partial charge in [0.1, 0.15) is 5.82 Å². The summed E-state index contributed by atoms with van der Waals surface area (Å²) in [5, 5.41) is 3.16. The number of morpholine rings is 1. The van der Waals surface area contributed by atoms with Crippen LogP contribution < -0.4 is 5.32 Å². The van der Waals surface area contributed by atoms with Gasteiger partial charge in [0.05, 0.1) is 19.3 Å². The van der Waals surface area contributed by atoms with Crippen molar-refractivity contribution < 1.29 is 4.74 Å². The number of nitrogens with one attached hydrogen (secondary N) is 1. The van der Waals surface area contributed by atoms with Crippen molar-refractivity contribution in [1.82, 2.24) is 19.8 Å². The Hall–Kier alpha value is -0.910. The lowest BCUT2D eigenvalue weighted by molar-refractivity contribution is -0.0301. The van der Waals surface area contributed by atoms with Crippen molar-refractivity contribution >= 4 is 0 Å². The van der Waals surface area contributed by atoms with Crippen LogP contribution in [0, 0.1) is 0 Å². The average molecular weight is 224 g/mol. The van der Waals surface area contributed by atoms with Gasteiger partial charge < -0.3 is 14.6 Å². The third kappa shape index (κ3) is 2.81. The highest BCUT2D eigenvalue weighted by Gasteiger charge is 2.20. The second-order valence-corrected chi connectivity index (χ2v) is 4.24. The Morgan fingerprint density at radius 1 is 1.62 bits per heavy atom. The molecule has 0 bridgehead atoms. The molecule has 1 aliphatic rings. The first-order valence-electron chi connectivity index (χ1n) is 5.74. The van der Waals surface area contributed by atoms with Crippen LogP contribution in [0.1, 0.15) is 5.82 Å². The van der Waals surface area contributed by atoms with Gasteiger partial charge in [-0.05, 0) is 7.05 Å². The average Bonchev–Trinajstić information content (AvgIpc) is 2.66. The van der Waals surface area contributed by atoms with Crippen LogP contribution in [0.2, 0.25) is 0 Å². The molecule has 0 aliphatic carbocycles. The monoisotopic (exact) mass is 224 g/mol. The molecule has 1 fully saturated rings. The summed E-state index contributed by atoms with van der Waals surface area (Å²) < 4.78 is 7.74. The largest absolute Gasteiger partial charge is 0.374 e. The number of aryl methyl sites for hydroxylation is 1. The van der Waals surface area contributed by atoms with E-state index in [0.29, 0.717) is 6.10 Å². The van der Waals surface area contributed by atoms with Crippen molar-refractivity contribution in [3.63, 3.8) is 0 Å². The third-order valence-electron chi connectivity index (χ3n) is 2.94. The number of hydrogen-bond acceptors (Lipinski definition) is 4. The van der Waals surface area contributed by atoms with Crippen LogP contribution in [0.5, 0.6) is 0 Å². The van der Waals surface area contributed by atoms with Gasteiger partial charge in [0.25, 0.3) is 0 Å². The fraction of sp³-hybridized carbons (Fsp3) is 0.727. The molecule has 2 rings (SSSR count). The van der Waals surface area contributed by atoms with Crippen LogP contribution in [0.25, 0.3) is 0 Å². The molecule has 1 unspecified atom stereocenters. The van der Waals surface area contributed by atoms with E-state index in [2.05, 4.69) is 19.8 Å². The number of imidazole rings is 1. The highest BCUT2D eigenvalue weighted by atomic mass is 16.5. The molecule has 0 amide bonds. The maximum atomic E-state index is 5.67. The Kier molecular flexibility index (Phi) is 3.93. The Balaban J connectivity index is 1.88. The molecule has 0 radical (unpaired) electrons. The smallest absolute Gasteiger partial charge is 0.122 e. The van der Waals surface area contributed by atoms with Crippen LogP contribution >= 0.6 is 0 Å². The molecule has 5 nitrogen and oxygen atoms in total. The number of likely N-dealkylation sites (N-methyl/N-ethyl adjacent to an activating group) is 1. The number of ether oxygens (including phenoxy) is 1. The van der Waals surface area contributed by atoms with Gasteiger partial charge >= 0.3 is 0 Å². The van der Waals surface area contributed by atoms with E-state index in [4.69, 9.17) is 4.74 Å². The first-order valence-corrected chi connectivity index (χ1v) is 5.74. The first kappa shape index (κ1) is 11.6. The van der Waals surface area contributed by atoms with Crippen molar-refractivity contribution in [3.05, 3.63) is 18.2 Å². The fourth-order valence-electron chi connectivity index (χ4n) is 2.02. The first-order chi connectivity index (χ1) is 7.79. The second kappa shape index (κ2) is 5.43. The maximum absolute atomic E-state index is 5.67. The van der Waals surface area contributed by atoms with Crippen molar-refractivity contribution in [2.75, 3.05) is 33.3 Å². The van der Waals surface area contributed by atoms with E-state index in [1.807, 2.05) is 26.5 Å². The number of nitrogens with zero attached hydrogens (tertiary/aromatic N) is 3. The SMILES string of the molecule is CNCC1CN(Cc2nccn2C)CCO1. The summed E-state index contributed by atoms with van der Waals surface area (Å²) in [6.07, 6.45) is 4.14. The van der Waals surface area contributed by atoms with Crippen molar-refractivity contribution in [1.29, 1.82) is 0 Å². The van der Waals surface area contributed by atoms with E-state index in [0.717, 1.165) is 38.6 Å². The van der Waals surface area contributed by atoms with Gasteiger partial charge in [-0.25, -0.2) is 4.98 Å². The summed E-state index contributed by atoms with van der Waals surface area (Å²) in [7, 11) is 3.99. The molecule has 1 aromatic rings. The zero-order chi connectivity index (χ0) is 11.4. The van der Waals surface area contributed by atoms with E-state index >= 15 is 0 Å². The van der Waals surface area contributed by atoms with Crippen LogP contribution in [0.15, 0.2) is 12.4 Å². The van der Waals surface area contributed by atoms with Gasteiger partial charge in [-0.1, -0.05) is 0 Å². The lowest BCUT2D eigenvalue weighted by atomic mass is 10.2. The number of rotatable bonds is 4. The maximum Gasteiger partial charge on any atom is 0.122 e. The quantitative estimate of drug-likeness (QED) is 0.772. The van der Waals surface area contributed by atoms with Crippen LogP contribution in [-0.4, -0.2) is 53.8 Å². The Labute approximate surface area is 96.4 Å². The second-order valence-electron chi connectivity index (χ2n) is 4.24. The van der Waals surface area contributed by atoms with Crippen LogP contribution in [0.3, 0.4) is 0 Å². The predicted octanol–water partition coefficient (Wildman–Crippen LogP) is -0.160. The molecule has 16 heavy (non-hydrogen) atoms. The lowest BCUT2D eigenvalue weighted by Gasteiger charge is -2.32. The van der Waals surface area contributed by atoms with Gasteiger partial charge in [-0.15, -0.1) is 0 Å². The van der Waals surface area contributed by atoms with E-state index in [9.17, 15) is 0 Å². The van der Waals surface area contributed by atoms with Crippen molar-refractivity contribution in [2.45, 2.75) is 12.6 Å². The molecule has 0 saturated carbocycles. The predicted molar refractivity (Wildman–Crippen MR) is 62.2 cm³/mol. The highest BCUT2D eigenvalue weighted by Crippen LogP contribution is 2.08. The molecule has 90 valence electrons. The zero-order valence-electron chi connectivity index (χ0n) is 10.0. The molecule has 0 spiro atoms. The minimum atomic E-state index is 0.305. The van der Waals surface area contributed by atoms with E-state index in [-0.39, 0.29) is 0 Å². The fourth-order valence-corrected chi connectivity index (χ4v) is 2.02. The Morgan fingerprint density at radius 3 is 3.19 bits per heavy atom. The normalized spacial score (nSPS) is 22.5. The molecule has 0 aromatic carbocycles. The topological polar surface area (TPSA) is 42.3 Å². The van der Waals surface area contributed by atoms with Crippen LogP contribution in [-0.2, 0) is 18.3 Å². The number of aromatic nitrogens is 2. The standard InChI is InChI=1S/C11H20N4O/c1-12-7-10-8-15(5-6-16-10)9-11-13-3-4-14(11)2/h3-4,10,12H,5-9H2,1-2H3. The van der Waals surface area contributed by atoms with Gasteiger partial charge in [0.15, 0.2) is 0 Å². The van der Waals surface area contributed by atoms with Gasteiger partial charge in [-0.2, -0.15) is 0 Å². The molecular weight excluding hydrogens is 204 g/mol. The molecule has 1 atom stereocenters. The molecule has 1 aliphatic heterocycles. The van der Waals surface area contributed by atoms with Crippen molar-refractivity contribution in [2.24, 2.45) is 7.05 Å². The molecule has 1 saturated heterocycles. The van der Waals surface area contributed by atoms with Gasteiger partial charge in [-0.3, -0.25) is 4.90 Å². The number of hydrogen-bond donors (Lipinski definition) is 1. The van der Waals surface area contributed by atoms with Gasteiger partial charge in [0.2, 0.25) is 0 Å². The van der Waals surface area contributed by atoms with Crippen LogP contribution in [0.4, 0.5) is 0 Å². The van der Waals surface area contributed by atoms with E-state index in [1.54, 1.807) is 0 Å². The summed E-state index contributed by atoms with van der Waals surface area (Å²) in [4.78, 5) is 6.74. The third-order valence-corrected chi connectivity index (χ3v) is 2.94. The molecule has 5 heteroatoms. The lowest BCUT2D eigenvalue weighted by Crippen LogP contribution is -2.45. The van der Waals surface area contributed by atoms with E-state index < -0.39 is 0 Å². The summed E-state index contributed by atoms with van der Waals surface area (Å²) in [5.41, 5.74) is 0. The van der Waals surface area contributed by atoms with Crippen molar-refractivity contribution in [3.8, 4) is 0 Å². The summed E-state index contributed by atoms with van der Waals surface area (Å²) in [6.45, 7) is 4.61. The molecule has 1 aromatic heterocycles. The minimum Gasteiger partial charge on any atom is -0.374 e. The Bertz CT molecular complexity index is 324.